The lowest BCUT2D eigenvalue weighted by atomic mass is 9.92. The molecular formula is C14H22O. The molecule has 0 amide bonds. The van der Waals surface area contributed by atoms with Crippen molar-refractivity contribution in [3.8, 4) is 0 Å². The third kappa shape index (κ3) is 3.67. The van der Waals surface area contributed by atoms with Crippen molar-refractivity contribution < 1.29 is 5.11 Å². The summed E-state index contributed by atoms with van der Waals surface area (Å²) in [7, 11) is 0. The van der Waals surface area contributed by atoms with Crippen LogP contribution in [0.25, 0.3) is 0 Å². The van der Waals surface area contributed by atoms with Crippen molar-refractivity contribution in [2.24, 2.45) is 0 Å². The summed E-state index contributed by atoms with van der Waals surface area (Å²) in [4.78, 5) is 0. The van der Waals surface area contributed by atoms with Gasteiger partial charge in [-0.15, -0.1) is 0 Å². The molecule has 0 fully saturated rings. The summed E-state index contributed by atoms with van der Waals surface area (Å²) < 4.78 is 0. The fraction of sp³-hybridized carbons (Fsp3) is 0.571. The second kappa shape index (κ2) is 5.92. The number of rotatable bonds is 5. The van der Waals surface area contributed by atoms with Gasteiger partial charge in [0.2, 0.25) is 0 Å². The highest BCUT2D eigenvalue weighted by Crippen LogP contribution is 2.23. The molecule has 1 N–H and O–H groups in total. The van der Waals surface area contributed by atoms with Crippen molar-refractivity contribution in [2.45, 2.75) is 52.1 Å². The lowest BCUT2D eigenvalue weighted by molar-refractivity contribution is 0.195. The van der Waals surface area contributed by atoms with Gasteiger partial charge in [0, 0.05) is 0 Å². The zero-order valence-corrected chi connectivity index (χ0v) is 10.0. The van der Waals surface area contributed by atoms with E-state index in [0.717, 1.165) is 6.42 Å². The molecule has 1 atom stereocenters. The van der Waals surface area contributed by atoms with Crippen LogP contribution in [0.2, 0.25) is 0 Å². The van der Waals surface area contributed by atoms with E-state index >= 15 is 0 Å². The van der Waals surface area contributed by atoms with Gasteiger partial charge in [-0.25, -0.2) is 0 Å². The van der Waals surface area contributed by atoms with Crippen LogP contribution in [-0.4, -0.2) is 11.2 Å². The van der Waals surface area contributed by atoms with Crippen molar-refractivity contribution in [3.05, 3.63) is 35.4 Å². The van der Waals surface area contributed by atoms with Crippen LogP contribution in [-0.2, 0) is 6.42 Å². The molecule has 1 unspecified atom stereocenters. The first-order valence-electron chi connectivity index (χ1n) is 5.94. The van der Waals surface area contributed by atoms with E-state index in [1.54, 1.807) is 0 Å². The molecule has 0 saturated carbocycles. The summed E-state index contributed by atoms with van der Waals surface area (Å²) >= 11 is 0. The summed E-state index contributed by atoms with van der Waals surface area (Å²) in [6.45, 7) is 6.30. The molecular weight excluding hydrogens is 184 g/mol. The predicted molar refractivity (Wildman–Crippen MR) is 65.1 cm³/mol. The minimum absolute atomic E-state index is 0.248. The Labute approximate surface area is 93.1 Å². The summed E-state index contributed by atoms with van der Waals surface area (Å²) in [5.41, 5.74) is 2.66. The van der Waals surface area contributed by atoms with E-state index in [4.69, 9.17) is 0 Å². The van der Waals surface area contributed by atoms with Crippen molar-refractivity contribution in [2.75, 3.05) is 0 Å². The second-order valence-corrected chi connectivity index (χ2v) is 4.31. The van der Waals surface area contributed by atoms with E-state index in [1.807, 2.05) is 6.92 Å². The molecule has 0 aromatic heterocycles. The quantitative estimate of drug-likeness (QED) is 0.781. The van der Waals surface area contributed by atoms with Gasteiger partial charge in [0.15, 0.2) is 0 Å². The highest BCUT2D eigenvalue weighted by atomic mass is 16.3. The SMILES string of the molecule is CCC(CC)c1cccc(CC(C)O)c1. The number of hydrogen-bond donors (Lipinski definition) is 1. The molecule has 1 nitrogen and oxygen atoms in total. The standard InChI is InChI=1S/C14H22O/c1-4-13(5-2)14-8-6-7-12(10-14)9-11(3)15/h6-8,10-11,13,15H,4-5,9H2,1-3H3. The molecule has 0 spiro atoms. The van der Waals surface area contributed by atoms with Gasteiger partial charge in [0.1, 0.15) is 0 Å². The topological polar surface area (TPSA) is 20.2 Å². The maximum Gasteiger partial charge on any atom is 0.0552 e. The Morgan fingerprint density at radius 3 is 2.40 bits per heavy atom. The number of benzene rings is 1. The van der Waals surface area contributed by atoms with Crippen molar-refractivity contribution in [3.63, 3.8) is 0 Å². The summed E-state index contributed by atoms with van der Waals surface area (Å²) in [6, 6.07) is 8.64. The molecule has 0 aliphatic carbocycles. The Balaban J connectivity index is 2.81. The van der Waals surface area contributed by atoms with Crippen molar-refractivity contribution in [1.29, 1.82) is 0 Å². The first kappa shape index (κ1) is 12.3. The van der Waals surface area contributed by atoms with Crippen LogP contribution >= 0.6 is 0 Å². The van der Waals surface area contributed by atoms with Crippen LogP contribution in [0.15, 0.2) is 24.3 Å². The van der Waals surface area contributed by atoms with Gasteiger partial charge in [-0.1, -0.05) is 38.1 Å². The summed E-state index contributed by atoms with van der Waals surface area (Å²) in [5.74, 6) is 0.666. The van der Waals surface area contributed by atoms with Crippen molar-refractivity contribution >= 4 is 0 Å². The monoisotopic (exact) mass is 206 g/mol. The van der Waals surface area contributed by atoms with Gasteiger partial charge >= 0.3 is 0 Å². The van der Waals surface area contributed by atoms with Crippen LogP contribution in [0.4, 0.5) is 0 Å². The van der Waals surface area contributed by atoms with E-state index in [-0.39, 0.29) is 6.10 Å². The maximum absolute atomic E-state index is 9.35. The molecule has 1 aromatic rings. The number of aliphatic hydroxyl groups is 1. The minimum Gasteiger partial charge on any atom is -0.393 e. The van der Waals surface area contributed by atoms with Gasteiger partial charge in [-0.05, 0) is 43.2 Å². The smallest absolute Gasteiger partial charge is 0.0552 e. The Hall–Kier alpha value is -0.820. The fourth-order valence-electron chi connectivity index (χ4n) is 2.08. The Morgan fingerprint density at radius 2 is 1.87 bits per heavy atom. The maximum atomic E-state index is 9.35. The van der Waals surface area contributed by atoms with E-state index < -0.39 is 0 Å². The van der Waals surface area contributed by atoms with Crippen molar-refractivity contribution in [1.82, 2.24) is 0 Å². The van der Waals surface area contributed by atoms with Crippen LogP contribution in [0.1, 0.15) is 50.7 Å². The number of hydrogen-bond acceptors (Lipinski definition) is 1. The zero-order chi connectivity index (χ0) is 11.3. The predicted octanol–water partition coefficient (Wildman–Crippen LogP) is 3.51. The van der Waals surface area contributed by atoms with E-state index in [9.17, 15) is 5.11 Å². The molecule has 0 radical (unpaired) electrons. The summed E-state index contributed by atoms with van der Waals surface area (Å²) in [5, 5.41) is 9.35. The molecule has 15 heavy (non-hydrogen) atoms. The molecule has 0 aliphatic heterocycles. The molecule has 1 aromatic carbocycles. The largest absolute Gasteiger partial charge is 0.393 e. The first-order valence-corrected chi connectivity index (χ1v) is 5.94. The third-order valence-corrected chi connectivity index (χ3v) is 2.94. The van der Waals surface area contributed by atoms with Crippen LogP contribution in [0.5, 0.6) is 0 Å². The van der Waals surface area contributed by atoms with Crippen LogP contribution in [0.3, 0.4) is 0 Å². The minimum atomic E-state index is -0.248. The van der Waals surface area contributed by atoms with Gasteiger partial charge in [-0.3, -0.25) is 0 Å². The molecule has 0 aliphatic rings. The van der Waals surface area contributed by atoms with Crippen LogP contribution in [0, 0.1) is 0 Å². The van der Waals surface area contributed by atoms with Gasteiger partial charge in [0.05, 0.1) is 6.10 Å². The highest BCUT2D eigenvalue weighted by Gasteiger charge is 2.07. The molecule has 84 valence electrons. The molecule has 1 heteroatoms. The lowest BCUT2D eigenvalue weighted by Gasteiger charge is -2.14. The normalized spacial score (nSPS) is 13.1. The Kier molecular flexibility index (Phi) is 4.83. The zero-order valence-electron chi connectivity index (χ0n) is 10.0. The van der Waals surface area contributed by atoms with E-state index in [1.165, 1.54) is 24.0 Å². The van der Waals surface area contributed by atoms with Gasteiger partial charge < -0.3 is 5.11 Å². The average Bonchev–Trinajstić information content (AvgIpc) is 2.19. The lowest BCUT2D eigenvalue weighted by Crippen LogP contribution is -2.05. The average molecular weight is 206 g/mol. The number of aliphatic hydroxyl groups excluding tert-OH is 1. The van der Waals surface area contributed by atoms with Crippen LogP contribution < -0.4 is 0 Å². The van der Waals surface area contributed by atoms with Gasteiger partial charge in [0.25, 0.3) is 0 Å². The second-order valence-electron chi connectivity index (χ2n) is 4.31. The molecule has 0 bridgehead atoms. The van der Waals surface area contributed by atoms with Gasteiger partial charge in [-0.2, -0.15) is 0 Å². The first-order chi connectivity index (χ1) is 7.17. The highest BCUT2D eigenvalue weighted by molar-refractivity contribution is 5.26. The molecule has 0 saturated heterocycles. The van der Waals surface area contributed by atoms with E-state index in [2.05, 4.69) is 38.1 Å². The van der Waals surface area contributed by atoms with E-state index in [0.29, 0.717) is 5.92 Å². The molecule has 1 rings (SSSR count). The summed E-state index contributed by atoms with van der Waals surface area (Å²) in [6.07, 6.45) is 2.89. The third-order valence-electron chi connectivity index (χ3n) is 2.94. The molecule has 0 heterocycles. The fourth-order valence-corrected chi connectivity index (χ4v) is 2.08. The Bertz CT molecular complexity index is 287. The Morgan fingerprint density at radius 1 is 1.20 bits per heavy atom.